The zero-order chi connectivity index (χ0) is 13.7. The average molecular weight is 259 g/mol. The van der Waals surface area contributed by atoms with Gasteiger partial charge in [-0.05, 0) is 12.5 Å². The summed E-state index contributed by atoms with van der Waals surface area (Å²) in [4.78, 5) is 15.8. The first-order valence-electron chi connectivity index (χ1n) is 6.38. The SMILES string of the molecule is CCCCN=C1O/C(=C/C(=O)OC)c2ccccc21. The maximum atomic E-state index is 11.3. The smallest absolute Gasteiger partial charge is 0.334 e. The summed E-state index contributed by atoms with van der Waals surface area (Å²) in [6.45, 7) is 2.85. The van der Waals surface area contributed by atoms with E-state index in [1.165, 1.54) is 13.2 Å². The van der Waals surface area contributed by atoms with Crippen molar-refractivity contribution in [3.8, 4) is 0 Å². The van der Waals surface area contributed by atoms with E-state index in [0.717, 1.165) is 30.5 Å². The number of hydrogen-bond donors (Lipinski definition) is 0. The molecule has 1 aromatic carbocycles. The Morgan fingerprint density at radius 2 is 2.11 bits per heavy atom. The molecule has 1 aliphatic rings. The van der Waals surface area contributed by atoms with E-state index in [1.807, 2.05) is 24.3 Å². The number of methoxy groups -OCH3 is 1. The zero-order valence-corrected chi connectivity index (χ0v) is 11.2. The molecule has 0 radical (unpaired) electrons. The van der Waals surface area contributed by atoms with Crippen LogP contribution in [-0.2, 0) is 14.3 Å². The van der Waals surface area contributed by atoms with Gasteiger partial charge in [-0.25, -0.2) is 4.79 Å². The van der Waals surface area contributed by atoms with E-state index in [0.29, 0.717) is 11.7 Å². The standard InChI is InChI=1S/C15H17NO3/c1-3-4-9-16-15-12-8-6-5-7-11(12)13(19-15)10-14(17)18-2/h5-8,10H,3-4,9H2,1-2H3/b13-10+,16-15?. The van der Waals surface area contributed by atoms with Crippen molar-refractivity contribution in [2.45, 2.75) is 19.8 Å². The third-order valence-corrected chi connectivity index (χ3v) is 2.85. The number of esters is 1. The molecule has 4 heteroatoms. The van der Waals surface area contributed by atoms with Crippen LogP contribution in [0.4, 0.5) is 0 Å². The van der Waals surface area contributed by atoms with Crippen LogP contribution in [0.1, 0.15) is 30.9 Å². The van der Waals surface area contributed by atoms with Crippen molar-refractivity contribution in [3.05, 3.63) is 41.5 Å². The minimum absolute atomic E-state index is 0.431. The second-order valence-corrected chi connectivity index (χ2v) is 4.22. The Balaban J connectivity index is 2.31. The summed E-state index contributed by atoms with van der Waals surface area (Å²) < 4.78 is 10.3. The van der Waals surface area contributed by atoms with Crippen LogP contribution in [0.2, 0.25) is 0 Å². The maximum Gasteiger partial charge on any atom is 0.334 e. The minimum atomic E-state index is -0.431. The van der Waals surface area contributed by atoms with E-state index >= 15 is 0 Å². The summed E-state index contributed by atoms with van der Waals surface area (Å²) in [5, 5.41) is 0. The Hall–Kier alpha value is -2.10. The number of fused-ring (bicyclic) bond motifs is 1. The molecule has 1 aromatic rings. The fourth-order valence-corrected chi connectivity index (χ4v) is 1.83. The van der Waals surface area contributed by atoms with Crippen LogP contribution < -0.4 is 0 Å². The van der Waals surface area contributed by atoms with Crippen molar-refractivity contribution in [2.24, 2.45) is 4.99 Å². The number of carbonyl (C=O) groups excluding carboxylic acids is 1. The first-order chi connectivity index (χ1) is 9.26. The van der Waals surface area contributed by atoms with Gasteiger partial charge in [0.15, 0.2) is 0 Å². The largest absolute Gasteiger partial charge is 0.466 e. The summed E-state index contributed by atoms with van der Waals surface area (Å²) in [6.07, 6.45) is 3.45. The van der Waals surface area contributed by atoms with Gasteiger partial charge in [-0.15, -0.1) is 0 Å². The Kier molecular flexibility index (Phi) is 4.34. The molecule has 0 aromatic heterocycles. The van der Waals surface area contributed by atoms with Crippen LogP contribution in [0.3, 0.4) is 0 Å². The zero-order valence-electron chi connectivity index (χ0n) is 11.2. The van der Waals surface area contributed by atoms with Gasteiger partial charge in [-0.1, -0.05) is 31.5 Å². The molecule has 0 aliphatic carbocycles. The van der Waals surface area contributed by atoms with Crippen LogP contribution in [0.25, 0.3) is 5.76 Å². The predicted octanol–water partition coefficient (Wildman–Crippen LogP) is 2.78. The topological polar surface area (TPSA) is 47.9 Å². The third-order valence-electron chi connectivity index (χ3n) is 2.85. The van der Waals surface area contributed by atoms with Gasteiger partial charge in [0.25, 0.3) is 0 Å². The lowest BCUT2D eigenvalue weighted by Crippen LogP contribution is -2.00. The second kappa shape index (κ2) is 6.18. The highest BCUT2D eigenvalue weighted by Crippen LogP contribution is 2.30. The first-order valence-corrected chi connectivity index (χ1v) is 6.38. The van der Waals surface area contributed by atoms with Crippen LogP contribution in [0.5, 0.6) is 0 Å². The number of hydrogen-bond acceptors (Lipinski definition) is 4. The number of nitrogens with zero attached hydrogens (tertiary/aromatic N) is 1. The van der Waals surface area contributed by atoms with Crippen molar-refractivity contribution in [1.82, 2.24) is 0 Å². The molecule has 0 fully saturated rings. The van der Waals surface area contributed by atoms with Gasteiger partial charge < -0.3 is 9.47 Å². The molecule has 0 spiro atoms. The maximum absolute atomic E-state index is 11.3. The van der Waals surface area contributed by atoms with Gasteiger partial charge >= 0.3 is 5.97 Å². The summed E-state index contributed by atoms with van der Waals surface area (Å²) in [5.74, 6) is 0.650. The van der Waals surface area contributed by atoms with E-state index in [2.05, 4.69) is 16.7 Å². The average Bonchev–Trinajstić information content (AvgIpc) is 2.78. The number of benzene rings is 1. The fraction of sp³-hybridized carbons (Fsp3) is 0.333. The van der Waals surface area contributed by atoms with Crippen molar-refractivity contribution in [2.75, 3.05) is 13.7 Å². The predicted molar refractivity (Wildman–Crippen MR) is 73.8 cm³/mol. The second-order valence-electron chi connectivity index (χ2n) is 4.22. The van der Waals surface area contributed by atoms with Crippen molar-refractivity contribution < 1.29 is 14.3 Å². The lowest BCUT2D eigenvalue weighted by Gasteiger charge is -1.99. The number of rotatable bonds is 4. The Bertz CT molecular complexity index is 532. The highest BCUT2D eigenvalue weighted by molar-refractivity contribution is 6.08. The molecule has 1 aliphatic heterocycles. The van der Waals surface area contributed by atoms with Crippen LogP contribution >= 0.6 is 0 Å². The molecule has 100 valence electrons. The number of unbranched alkanes of at least 4 members (excludes halogenated alkanes) is 1. The highest BCUT2D eigenvalue weighted by atomic mass is 16.5. The molecule has 4 nitrogen and oxygen atoms in total. The monoisotopic (exact) mass is 259 g/mol. The molecule has 0 unspecified atom stereocenters. The fourth-order valence-electron chi connectivity index (χ4n) is 1.83. The number of carbonyl (C=O) groups is 1. The summed E-state index contributed by atoms with van der Waals surface area (Å²) in [5.41, 5.74) is 1.80. The summed E-state index contributed by atoms with van der Waals surface area (Å²) >= 11 is 0. The number of aliphatic imine (C=N–C) groups is 1. The van der Waals surface area contributed by atoms with Crippen LogP contribution in [0.15, 0.2) is 35.3 Å². The molecule has 0 saturated heterocycles. The van der Waals surface area contributed by atoms with Crippen molar-refractivity contribution in [3.63, 3.8) is 0 Å². The van der Waals surface area contributed by atoms with E-state index in [4.69, 9.17) is 4.74 Å². The quantitative estimate of drug-likeness (QED) is 0.474. The van der Waals surface area contributed by atoms with E-state index in [-0.39, 0.29) is 0 Å². The Morgan fingerprint density at radius 3 is 2.79 bits per heavy atom. The Morgan fingerprint density at radius 1 is 1.37 bits per heavy atom. The number of ether oxygens (including phenoxy) is 2. The molecule has 1 heterocycles. The molecule has 19 heavy (non-hydrogen) atoms. The molecule has 0 N–H and O–H groups in total. The van der Waals surface area contributed by atoms with Gasteiger partial charge in [0, 0.05) is 17.7 Å². The molecule has 0 saturated carbocycles. The van der Waals surface area contributed by atoms with Crippen LogP contribution in [-0.4, -0.2) is 25.5 Å². The lowest BCUT2D eigenvalue weighted by atomic mass is 10.1. The van der Waals surface area contributed by atoms with E-state index in [9.17, 15) is 4.79 Å². The van der Waals surface area contributed by atoms with Gasteiger partial charge in [0.2, 0.25) is 5.90 Å². The van der Waals surface area contributed by atoms with Gasteiger partial charge in [0.1, 0.15) is 5.76 Å². The highest BCUT2D eigenvalue weighted by Gasteiger charge is 2.24. The first kappa shape index (κ1) is 13.3. The van der Waals surface area contributed by atoms with Gasteiger partial charge in [-0.2, -0.15) is 0 Å². The van der Waals surface area contributed by atoms with Gasteiger partial charge in [0.05, 0.1) is 13.2 Å². The van der Waals surface area contributed by atoms with Crippen molar-refractivity contribution in [1.29, 1.82) is 0 Å². The minimum Gasteiger partial charge on any atom is -0.466 e. The van der Waals surface area contributed by atoms with Crippen molar-refractivity contribution >= 4 is 17.6 Å². The van der Waals surface area contributed by atoms with E-state index in [1.54, 1.807) is 0 Å². The van der Waals surface area contributed by atoms with E-state index < -0.39 is 5.97 Å². The van der Waals surface area contributed by atoms with Gasteiger partial charge in [-0.3, -0.25) is 4.99 Å². The molecule has 0 amide bonds. The summed E-state index contributed by atoms with van der Waals surface area (Å²) in [6, 6.07) is 7.69. The Labute approximate surface area is 112 Å². The lowest BCUT2D eigenvalue weighted by molar-refractivity contribution is -0.134. The normalized spacial score (nSPS) is 17.4. The molecular formula is C15H17NO3. The summed E-state index contributed by atoms with van der Waals surface area (Å²) in [7, 11) is 1.34. The van der Waals surface area contributed by atoms with Crippen LogP contribution in [0, 0.1) is 0 Å². The molecule has 0 atom stereocenters. The molecule has 0 bridgehead atoms. The third kappa shape index (κ3) is 3.02. The molecular weight excluding hydrogens is 242 g/mol. The molecule has 2 rings (SSSR count).